The molecule has 8 heteroatoms. The number of aromatic nitrogens is 5. The van der Waals surface area contributed by atoms with Crippen LogP contribution < -0.4 is 15.2 Å². The number of pyridine rings is 1. The molecule has 1 aliphatic rings. The van der Waals surface area contributed by atoms with Crippen molar-refractivity contribution < 1.29 is 9.64 Å². The van der Waals surface area contributed by atoms with Gasteiger partial charge in [-0.25, -0.2) is 4.68 Å². The first-order valence-electron chi connectivity index (χ1n) is 10.3. The zero-order valence-electron chi connectivity index (χ0n) is 17.5. The van der Waals surface area contributed by atoms with E-state index in [1.807, 2.05) is 28.9 Å². The molecule has 1 atom stereocenters. The van der Waals surface area contributed by atoms with Crippen molar-refractivity contribution in [2.24, 2.45) is 0 Å². The van der Waals surface area contributed by atoms with Crippen molar-refractivity contribution in [2.75, 3.05) is 20.2 Å². The standard InChI is InChI=1S/C21H28N6O2/c1-5-21(2,3)27-19(23-24-25-27)18(26-10-6-7-11-26)16-13-14-12-15(29-4)8-9-17(14)22-20(16)28/h8-9,12-13,18H,5-7,10-11H2,1-4H3,(H,22,28)/p+1/t18-/m1/s1. The summed E-state index contributed by atoms with van der Waals surface area (Å²) in [5.41, 5.74) is 1.17. The smallest absolute Gasteiger partial charge is 0.258 e. The molecule has 29 heavy (non-hydrogen) atoms. The number of fused-ring (bicyclic) bond motifs is 1. The third kappa shape index (κ3) is 3.53. The van der Waals surface area contributed by atoms with Gasteiger partial charge in [-0.3, -0.25) is 4.79 Å². The first kappa shape index (κ1) is 19.6. The third-order valence-electron chi connectivity index (χ3n) is 6.24. The van der Waals surface area contributed by atoms with Crippen LogP contribution in [-0.4, -0.2) is 45.4 Å². The highest BCUT2D eigenvalue weighted by atomic mass is 16.5. The molecule has 0 radical (unpaired) electrons. The number of hydrogen-bond donors (Lipinski definition) is 2. The van der Waals surface area contributed by atoms with Crippen LogP contribution in [-0.2, 0) is 5.54 Å². The van der Waals surface area contributed by atoms with Crippen molar-refractivity contribution in [2.45, 2.75) is 51.6 Å². The molecular weight excluding hydrogens is 368 g/mol. The number of nitrogens with zero attached hydrogens (tertiary/aromatic N) is 4. The normalized spacial score (nSPS) is 16.4. The van der Waals surface area contributed by atoms with E-state index in [9.17, 15) is 4.79 Å². The number of tetrazole rings is 1. The van der Waals surface area contributed by atoms with Crippen molar-refractivity contribution in [1.29, 1.82) is 0 Å². The number of benzene rings is 1. The van der Waals surface area contributed by atoms with Crippen LogP contribution in [0.25, 0.3) is 10.9 Å². The van der Waals surface area contributed by atoms with Crippen molar-refractivity contribution in [3.05, 3.63) is 46.0 Å². The van der Waals surface area contributed by atoms with Gasteiger partial charge >= 0.3 is 0 Å². The van der Waals surface area contributed by atoms with Gasteiger partial charge in [-0.1, -0.05) is 6.92 Å². The Kier molecular flexibility index (Phi) is 5.12. The Balaban J connectivity index is 1.91. The lowest BCUT2D eigenvalue weighted by molar-refractivity contribution is -0.914. The fourth-order valence-corrected chi connectivity index (χ4v) is 4.16. The maximum Gasteiger partial charge on any atom is 0.258 e. The predicted molar refractivity (Wildman–Crippen MR) is 110 cm³/mol. The van der Waals surface area contributed by atoms with Crippen molar-refractivity contribution >= 4 is 10.9 Å². The van der Waals surface area contributed by atoms with E-state index in [2.05, 4.69) is 41.3 Å². The minimum absolute atomic E-state index is 0.0871. The molecule has 1 saturated heterocycles. The molecule has 0 bridgehead atoms. The van der Waals surface area contributed by atoms with Gasteiger partial charge in [0, 0.05) is 23.7 Å². The SMILES string of the molecule is CCC(C)(C)n1nnnc1[C@@H](c1cc2cc(OC)ccc2[nH]c1=O)[NH+]1CCCC1. The summed E-state index contributed by atoms with van der Waals surface area (Å²) in [4.78, 5) is 17.5. The predicted octanol–water partition coefficient (Wildman–Crippen LogP) is 1.44. The minimum Gasteiger partial charge on any atom is -0.497 e. The number of quaternary nitrogens is 1. The zero-order chi connectivity index (χ0) is 20.6. The van der Waals surface area contributed by atoms with E-state index in [0.717, 1.165) is 54.8 Å². The van der Waals surface area contributed by atoms with E-state index >= 15 is 0 Å². The Bertz CT molecular complexity index is 1060. The highest BCUT2D eigenvalue weighted by Gasteiger charge is 2.38. The summed E-state index contributed by atoms with van der Waals surface area (Å²) in [7, 11) is 1.64. The number of aromatic amines is 1. The lowest BCUT2D eigenvalue weighted by Crippen LogP contribution is -3.10. The van der Waals surface area contributed by atoms with Gasteiger partial charge in [0.15, 0.2) is 6.04 Å². The van der Waals surface area contributed by atoms with Crippen LogP contribution in [0.1, 0.15) is 57.5 Å². The number of H-pyrrole nitrogens is 1. The molecule has 2 aromatic heterocycles. The number of methoxy groups -OCH3 is 1. The summed E-state index contributed by atoms with van der Waals surface area (Å²) >= 11 is 0. The Morgan fingerprint density at radius 1 is 1.28 bits per heavy atom. The first-order chi connectivity index (χ1) is 13.9. The molecule has 1 aliphatic heterocycles. The van der Waals surface area contributed by atoms with Crippen molar-refractivity contribution in [3.8, 4) is 5.75 Å². The van der Waals surface area contributed by atoms with Gasteiger partial charge in [-0.05, 0) is 55.0 Å². The van der Waals surface area contributed by atoms with E-state index in [1.54, 1.807) is 7.11 Å². The molecular formula is C21H29N6O2+. The van der Waals surface area contributed by atoms with Gasteiger partial charge in [0.2, 0.25) is 5.82 Å². The summed E-state index contributed by atoms with van der Waals surface area (Å²) in [6, 6.07) is 7.44. The van der Waals surface area contributed by atoms with Gasteiger partial charge in [0.25, 0.3) is 5.56 Å². The second-order valence-electron chi connectivity index (χ2n) is 8.42. The fraction of sp³-hybridized carbons (Fsp3) is 0.524. The quantitative estimate of drug-likeness (QED) is 0.657. The van der Waals surface area contributed by atoms with Gasteiger partial charge in [-0.15, -0.1) is 5.10 Å². The van der Waals surface area contributed by atoms with Crippen LogP contribution in [0.4, 0.5) is 0 Å². The number of rotatable bonds is 6. The van der Waals surface area contributed by atoms with Gasteiger partial charge in [-0.2, -0.15) is 0 Å². The number of nitrogens with one attached hydrogen (secondary N) is 2. The van der Waals surface area contributed by atoms with Crippen molar-refractivity contribution in [3.63, 3.8) is 0 Å². The van der Waals surface area contributed by atoms with Gasteiger partial charge in [0.1, 0.15) is 5.75 Å². The number of ether oxygens (including phenoxy) is 1. The van der Waals surface area contributed by atoms with Gasteiger partial charge in [0.05, 0.1) is 31.3 Å². The molecule has 0 amide bonds. The Labute approximate surface area is 169 Å². The lowest BCUT2D eigenvalue weighted by Gasteiger charge is -2.29. The van der Waals surface area contributed by atoms with E-state index in [-0.39, 0.29) is 17.1 Å². The monoisotopic (exact) mass is 397 g/mol. The van der Waals surface area contributed by atoms with Crippen LogP contribution in [0, 0.1) is 0 Å². The average Bonchev–Trinajstić information content (AvgIpc) is 3.41. The van der Waals surface area contributed by atoms with Crippen LogP contribution in [0.15, 0.2) is 29.1 Å². The average molecular weight is 398 g/mol. The Morgan fingerprint density at radius 2 is 2.03 bits per heavy atom. The highest BCUT2D eigenvalue weighted by molar-refractivity contribution is 5.80. The fourth-order valence-electron chi connectivity index (χ4n) is 4.16. The highest BCUT2D eigenvalue weighted by Crippen LogP contribution is 2.26. The molecule has 3 heterocycles. The summed E-state index contributed by atoms with van der Waals surface area (Å²) < 4.78 is 7.27. The summed E-state index contributed by atoms with van der Waals surface area (Å²) in [5, 5.41) is 13.6. The molecule has 4 rings (SSSR count). The Hall–Kier alpha value is -2.74. The summed E-state index contributed by atoms with van der Waals surface area (Å²) in [5.74, 6) is 1.51. The van der Waals surface area contributed by atoms with Crippen LogP contribution in [0.3, 0.4) is 0 Å². The zero-order valence-corrected chi connectivity index (χ0v) is 17.5. The van der Waals surface area contributed by atoms with Crippen molar-refractivity contribution in [1.82, 2.24) is 25.2 Å². The molecule has 154 valence electrons. The molecule has 1 aromatic carbocycles. The molecule has 2 N–H and O–H groups in total. The number of hydrogen-bond acceptors (Lipinski definition) is 5. The van der Waals surface area contributed by atoms with Crippen LogP contribution in [0.2, 0.25) is 0 Å². The summed E-state index contributed by atoms with van der Waals surface area (Å²) in [6.07, 6.45) is 3.17. The van der Waals surface area contributed by atoms with Crippen LogP contribution in [0.5, 0.6) is 5.75 Å². The molecule has 0 spiro atoms. The molecule has 0 saturated carbocycles. The minimum atomic E-state index is -0.233. The van der Waals surface area contributed by atoms with E-state index < -0.39 is 0 Å². The van der Waals surface area contributed by atoms with E-state index in [0.29, 0.717) is 5.56 Å². The lowest BCUT2D eigenvalue weighted by atomic mass is 9.99. The van der Waals surface area contributed by atoms with Crippen LogP contribution >= 0.6 is 0 Å². The first-order valence-corrected chi connectivity index (χ1v) is 10.3. The topological polar surface area (TPSA) is 90.1 Å². The number of likely N-dealkylation sites (tertiary alicyclic amines) is 1. The maximum atomic E-state index is 13.1. The maximum absolute atomic E-state index is 13.1. The molecule has 3 aromatic rings. The molecule has 8 nitrogen and oxygen atoms in total. The molecule has 0 unspecified atom stereocenters. The largest absolute Gasteiger partial charge is 0.497 e. The summed E-state index contributed by atoms with van der Waals surface area (Å²) in [6.45, 7) is 8.37. The third-order valence-corrected chi connectivity index (χ3v) is 6.24. The molecule has 0 aliphatic carbocycles. The van der Waals surface area contributed by atoms with Gasteiger partial charge < -0.3 is 14.6 Å². The Morgan fingerprint density at radius 3 is 2.72 bits per heavy atom. The second kappa shape index (κ2) is 7.59. The second-order valence-corrected chi connectivity index (χ2v) is 8.42. The molecule has 1 fully saturated rings. The van der Waals surface area contributed by atoms with E-state index in [1.165, 1.54) is 4.90 Å². The van der Waals surface area contributed by atoms with E-state index in [4.69, 9.17) is 4.74 Å².